The Kier molecular flexibility index (Phi) is 7.37. The molecule has 0 amide bonds. The number of nitrogens with zero attached hydrogens (tertiary/aromatic N) is 2. The van der Waals surface area contributed by atoms with Crippen molar-refractivity contribution in [1.82, 2.24) is 9.78 Å². The molecule has 1 saturated heterocycles. The maximum Gasteiger partial charge on any atom is 0.356 e. The molecule has 2 aromatic rings. The summed E-state index contributed by atoms with van der Waals surface area (Å²) in [4.78, 5) is 11.8. The van der Waals surface area contributed by atoms with Crippen LogP contribution in [0.5, 0.6) is 5.88 Å². The molecule has 5 N–H and O–H groups in total. The number of benzene rings is 1. The molecule has 1 unspecified atom stereocenters. The van der Waals surface area contributed by atoms with E-state index < -0.39 is 42.5 Å². The second-order valence-electron chi connectivity index (χ2n) is 9.46. The van der Waals surface area contributed by atoms with Crippen molar-refractivity contribution in [3.8, 4) is 5.88 Å². The van der Waals surface area contributed by atoms with Gasteiger partial charge in [-0.1, -0.05) is 12.1 Å². The smallest absolute Gasteiger partial charge is 0.356 e. The van der Waals surface area contributed by atoms with Gasteiger partial charge in [-0.25, -0.2) is 9.18 Å². The molecule has 198 valence electrons. The van der Waals surface area contributed by atoms with Gasteiger partial charge < -0.3 is 39.7 Å². The predicted molar refractivity (Wildman–Crippen MR) is 120 cm³/mol. The summed E-state index contributed by atoms with van der Waals surface area (Å²) in [6.45, 7) is 4.01. The number of carbonyl (C=O) groups excluding carboxylic acids is 1. The van der Waals surface area contributed by atoms with Crippen LogP contribution in [-0.2, 0) is 27.2 Å². The van der Waals surface area contributed by atoms with Gasteiger partial charge in [-0.2, -0.15) is 0 Å². The Morgan fingerprint density at radius 3 is 2.58 bits per heavy atom. The van der Waals surface area contributed by atoms with Gasteiger partial charge in [0.25, 0.3) is 0 Å². The van der Waals surface area contributed by atoms with Gasteiger partial charge in [0.1, 0.15) is 24.1 Å². The highest BCUT2D eigenvalue weighted by Gasteiger charge is 2.58. The Morgan fingerprint density at radius 2 is 1.97 bits per heavy atom. The topological polar surface area (TPSA) is 164 Å². The van der Waals surface area contributed by atoms with E-state index in [0.29, 0.717) is 34.8 Å². The van der Waals surface area contributed by atoms with Crippen molar-refractivity contribution in [2.45, 2.75) is 76.1 Å². The zero-order valence-corrected chi connectivity index (χ0v) is 20.2. The van der Waals surface area contributed by atoms with Crippen molar-refractivity contribution in [3.63, 3.8) is 0 Å². The van der Waals surface area contributed by atoms with Crippen molar-refractivity contribution in [2.75, 3.05) is 7.11 Å². The lowest BCUT2D eigenvalue weighted by Gasteiger charge is -2.45. The summed E-state index contributed by atoms with van der Waals surface area (Å²) in [6, 6.07) is 4.75. The monoisotopic (exact) mass is 510 g/mol. The predicted octanol–water partition coefficient (Wildman–Crippen LogP) is -0.320. The lowest BCUT2D eigenvalue weighted by molar-refractivity contribution is -0.426. The van der Waals surface area contributed by atoms with Gasteiger partial charge in [0.05, 0.1) is 7.11 Å². The normalized spacial score (nSPS) is 29.1. The lowest BCUT2D eigenvalue weighted by Crippen LogP contribution is -2.69. The minimum atomic E-state index is -3.00. The summed E-state index contributed by atoms with van der Waals surface area (Å²) in [5.74, 6) is -4.32. The fraction of sp³-hybridized carbons (Fsp3) is 0.583. The largest absolute Gasteiger partial charge is 0.467 e. The highest BCUT2D eigenvalue weighted by molar-refractivity contribution is 5.75. The highest BCUT2D eigenvalue weighted by Crippen LogP contribution is 2.37. The van der Waals surface area contributed by atoms with Gasteiger partial charge in [-0.05, 0) is 49.8 Å². The summed E-state index contributed by atoms with van der Waals surface area (Å²) < 4.78 is 31.2. The Hall–Kier alpha value is -2.61. The van der Waals surface area contributed by atoms with Crippen LogP contribution in [0.3, 0.4) is 0 Å². The summed E-state index contributed by atoms with van der Waals surface area (Å²) >= 11 is 0. The average Bonchev–Trinajstić information content (AvgIpc) is 3.63. The molecule has 1 aromatic carbocycles. The van der Waals surface area contributed by atoms with Gasteiger partial charge in [-0.15, -0.1) is 5.10 Å². The van der Waals surface area contributed by atoms with Crippen LogP contribution in [0.25, 0.3) is 0 Å². The molecule has 11 nitrogen and oxygen atoms in total. The van der Waals surface area contributed by atoms with E-state index in [-0.39, 0.29) is 18.1 Å². The lowest BCUT2D eigenvalue weighted by atomic mass is 9.94. The zero-order chi connectivity index (χ0) is 26.4. The molecule has 1 saturated carbocycles. The molecule has 1 aromatic heterocycles. The molecule has 0 spiro atoms. The number of rotatable bonds is 8. The SMILES string of the molecule is COC(=O)C(O)[C@H]1O[C@@](O)(Oc2nn(CC3CC3)c(C)c2Cc2ccc(C)c(F)c2)[C@H](O)[C@@H](O)[C@@H]1O. The van der Waals surface area contributed by atoms with Crippen molar-refractivity contribution in [1.29, 1.82) is 0 Å². The van der Waals surface area contributed by atoms with Crippen molar-refractivity contribution in [2.24, 2.45) is 5.92 Å². The minimum Gasteiger partial charge on any atom is -0.467 e. The van der Waals surface area contributed by atoms with Gasteiger partial charge in [-0.3, -0.25) is 4.68 Å². The second-order valence-corrected chi connectivity index (χ2v) is 9.46. The molecule has 12 heteroatoms. The average molecular weight is 511 g/mol. The van der Waals surface area contributed by atoms with Gasteiger partial charge >= 0.3 is 11.9 Å². The minimum absolute atomic E-state index is 0.161. The number of aliphatic hydroxyl groups excluding tert-OH is 4. The van der Waals surface area contributed by atoms with E-state index >= 15 is 0 Å². The number of carbonyl (C=O) groups is 1. The molecule has 36 heavy (non-hydrogen) atoms. The number of hydrogen-bond acceptors (Lipinski definition) is 10. The van der Waals surface area contributed by atoms with E-state index in [1.54, 1.807) is 30.7 Å². The van der Waals surface area contributed by atoms with Crippen LogP contribution >= 0.6 is 0 Å². The molecule has 1 aliphatic carbocycles. The Bertz CT molecular complexity index is 1120. The number of methoxy groups -OCH3 is 1. The fourth-order valence-electron chi connectivity index (χ4n) is 4.17. The van der Waals surface area contributed by atoms with E-state index in [9.17, 15) is 34.7 Å². The highest BCUT2D eigenvalue weighted by atomic mass is 19.1. The second kappa shape index (κ2) is 10.0. The molecule has 1 aliphatic heterocycles. The number of esters is 1. The van der Waals surface area contributed by atoms with Crippen molar-refractivity contribution in [3.05, 3.63) is 46.4 Å². The van der Waals surface area contributed by atoms with Crippen LogP contribution in [0, 0.1) is 25.6 Å². The summed E-state index contributed by atoms with van der Waals surface area (Å²) in [6.07, 6.45) is -7.98. The van der Waals surface area contributed by atoms with Gasteiger partial charge in [0, 0.05) is 24.2 Å². The van der Waals surface area contributed by atoms with Crippen LogP contribution in [0.4, 0.5) is 4.39 Å². The molecule has 2 heterocycles. The van der Waals surface area contributed by atoms with Crippen LogP contribution in [0.1, 0.15) is 35.2 Å². The first-order chi connectivity index (χ1) is 16.9. The molecule has 6 atom stereocenters. The quantitative estimate of drug-likeness (QED) is 0.235. The fourth-order valence-corrected chi connectivity index (χ4v) is 4.17. The molecule has 0 radical (unpaired) electrons. The molecule has 4 rings (SSSR count). The molecule has 0 bridgehead atoms. The number of halogens is 1. The van der Waals surface area contributed by atoms with Gasteiger partial charge in [0.15, 0.2) is 12.2 Å². The molecule has 2 fully saturated rings. The number of aliphatic hydroxyl groups is 5. The maximum atomic E-state index is 14.2. The molecular formula is C24H31FN2O9. The Labute approximate surface area is 206 Å². The summed E-state index contributed by atoms with van der Waals surface area (Å²) in [7, 11) is 0.990. The number of hydrogen-bond donors (Lipinski definition) is 5. The van der Waals surface area contributed by atoms with Crippen molar-refractivity contribution >= 4 is 5.97 Å². The van der Waals surface area contributed by atoms with Crippen LogP contribution in [-0.4, -0.2) is 84.9 Å². The third-order valence-corrected chi connectivity index (χ3v) is 6.72. The maximum absolute atomic E-state index is 14.2. The summed E-state index contributed by atoms with van der Waals surface area (Å²) in [5, 5.41) is 56.8. The van der Waals surface area contributed by atoms with E-state index in [4.69, 9.17) is 9.47 Å². The van der Waals surface area contributed by atoms with Crippen LogP contribution in [0.15, 0.2) is 18.2 Å². The Balaban J connectivity index is 1.68. The molecule has 2 aliphatic rings. The van der Waals surface area contributed by atoms with Crippen molar-refractivity contribution < 1.29 is 48.9 Å². The number of aryl methyl sites for hydroxylation is 1. The first kappa shape index (κ1) is 26.5. The number of ether oxygens (including phenoxy) is 3. The first-order valence-electron chi connectivity index (χ1n) is 11.7. The first-order valence-corrected chi connectivity index (χ1v) is 11.7. The molecular weight excluding hydrogens is 479 g/mol. The van der Waals surface area contributed by atoms with Gasteiger partial charge in [0.2, 0.25) is 5.88 Å². The number of aromatic nitrogens is 2. The van der Waals surface area contributed by atoms with E-state index in [1.807, 2.05) is 0 Å². The standard InChI is InChI=1S/C24H31FN2O9/c1-11-4-5-14(9-16(11)25)8-15-12(2)27(10-13-6-7-13)26-22(15)36-24(33)21(31)18(29)17(28)20(35-24)19(30)23(32)34-3/h4-5,9,13,17-21,28-31,33H,6-8,10H2,1-3H3/t17-,18-,19?,20-,21+,24+/m0/s1. The third kappa shape index (κ3) is 5.10. The van der Waals surface area contributed by atoms with E-state index in [1.165, 1.54) is 6.07 Å². The van der Waals surface area contributed by atoms with Crippen LogP contribution in [0.2, 0.25) is 0 Å². The van der Waals surface area contributed by atoms with Crippen LogP contribution < -0.4 is 4.74 Å². The Morgan fingerprint density at radius 1 is 1.28 bits per heavy atom. The van der Waals surface area contributed by atoms with E-state index in [0.717, 1.165) is 20.0 Å². The third-order valence-electron chi connectivity index (χ3n) is 6.72. The summed E-state index contributed by atoms with van der Waals surface area (Å²) in [5.41, 5.74) is 2.23. The van der Waals surface area contributed by atoms with E-state index in [2.05, 4.69) is 9.84 Å². The zero-order valence-electron chi connectivity index (χ0n) is 20.2.